The van der Waals surface area contributed by atoms with Gasteiger partial charge in [-0.1, -0.05) is 271 Å². The molecule has 3 N–H and O–H groups in total. The Morgan fingerprint density at radius 2 is 0.530 bits per heavy atom. The second kappa shape index (κ2) is 72.5. The van der Waals surface area contributed by atoms with E-state index < -0.39 is 97.5 Å². The van der Waals surface area contributed by atoms with Crippen LogP contribution in [-0.4, -0.2) is 96.7 Å². The van der Waals surface area contributed by atoms with Gasteiger partial charge in [0.15, 0.2) is 12.2 Å². The first-order valence-corrected chi connectivity index (χ1v) is 41.4. The molecule has 5 unspecified atom stereocenters. The van der Waals surface area contributed by atoms with Gasteiger partial charge in [0.1, 0.15) is 19.3 Å². The summed E-state index contributed by atoms with van der Waals surface area (Å²) < 4.78 is 68.4. The van der Waals surface area contributed by atoms with E-state index in [-0.39, 0.29) is 25.7 Å². The van der Waals surface area contributed by atoms with Crippen LogP contribution < -0.4 is 0 Å². The Kier molecular flexibility index (Phi) is 69.1. The quantitative estimate of drug-likeness (QED) is 0.0169. The molecule has 0 rings (SSSR count). The molecular formula is C81H136O17P2. The van der Waals surface area contributed by atoms with E-state index in [4.69, 9.17) is 37.0 Å². The summed E-state index contributed by atoms with van der Waals surface area (Å²) in [6.45, 7) is 4.49. The van der Waals surface area contributed by atoms with Crippen molar-refractivity contribution in [3.8, 4) is 0 Å². The molecule has 0 aromatic rings. The number of hydrogen-bond donors (Lipinski definition) is 3. The van der Waals surface area contributed by atoms with E-state index in [1.165, 1.54) is 70.6 Å². The van der Waals surface area contributed by atoms with Crippen LogP contribution in [0.3, 0.4) is 0 Å². The van der Waals surface area contributed by atoms with Gasteiger partial charge in [0.25, 0.3) is 0 Å². The fourth-order valence-electron chi connectivity index (χ4n) is 9.81. The summed E-state index contributed by atoms with van der Waals surface area (Å²) in [5.74, 6) is -2.30. The van der Waals surface area contributed by atoms with E-state index in [1.54, 1.807) is 0 Å². The molecule has 5 atom stereocenters. The highest BCUT2D eigenvalue weighted by Crippen LogP contribution is 2.45. The van der Waals surface area contributed by atoms with Crippen molar-refractivity contribution >= 4 is 39.5 Å². The molecule has 0 bridgehead atoms. The maximum Gasteiger partial charge on any atom is 0.472 e. The van der Waals surface area contributed by atoms with Crippen LogP contribution in [0.4, 0.5) is 0 Å². The van der Waals surface area contributed by atoms with Gasteiger partial charge in [0.2, 0.25) is 0 Å². The molecule has 0 saturated heterocycles. The van der Waals surface area contributed by atoms with Crippen LogP contribution in [0.1, 0.15) is 297 Å². The van der Waals surface area contributed by atoms with Crippen LogP contribution in [0, 0.1) is 0 Å². The van der Waals surface area contributed by atoms with Gasteiger partial charge in [-0.3, -0.25) is 37.3 Å². The fourth-order valence-corrected chi connectivity index (χ4v) is 11.4. The number of aliphatic hydroxyl groups is 1. The number of phosphoric ester groups is 2. The fraction of sp³-hybridized carbons (Fsp3) is 0.679. The maximum absolute atomic E-state index is 13.1. The lowest BCUT2D eigenvalue weighted by atomic mass is 10.0. The predicted octanol–water partition coefficient (Wildman–Crippen LogP) is 22.1. The van der Waals surface area contributed by atoms with Gasteiger partial charge in [0.05, 0.1) is 26.4 Å². The minimum absolute atomic E-state index is 0.0630. The van der Waals surface area contributed by atoms with E-state index in [1.807, 2.05) is 12.2 Å². The van der Waals surface area contributed by atoms with Crippen molar-refractivity contribution in [2.75, 3.05) is 39.6 Å². The van der Waals surface area contributed by atoms with E-state index in [2.05, 4.69) is 149 Å². The average Bonchev–Trinajstić information content (AvgIpc) is 1.06. The first-order valence-electron chi connectivity index (χ1n) is 38.4. The van der Waals surface area contributed by atoms with Crippen LogP contribution in [0.15, 0.2) is 134 Å². The van der Waals surface area contributed by atoms with E-state index in [0.717, 1.165) is 141 Å². The van der Waals surface area contributed by atoms with Crippen molar-refractivity contribution < 1.29 is 80.2 Å². The lowest BCUT2D eigenvalue weighted by molar-refractivity contribution is -0.161. The highest BCUT2D eigenvalue weighted by atomic mass is 31.2. The van der Waals surface area contributed by atoms with Crippen molar-refractivity contribution in [1.82, 2.24) is 0 Å². The molecule has 0 aromatic carbocycles. The number of aliphatic hydroxyl groups excluding tert-OH is 1. The van der Waals surface area contributed by atoms with Gasteiger partial charge in [-0.25, -0.2) is 9.13 Å². The number of phosphoric acid groups is 2. The summed E-state index contributed by atoms with van der Waals surface area (Å²) in [4.78, 5) is 72.9. The second-order valence-corrected chi connectivity index (χ2v) is 28.1. The molecule has 0 amide bonds. The third-order valence-electron chi connectivity index (χ3n) is 15.6. The Balaban J connectivity index is 5.44. The zero-order valence-electron chi connectivity index (χ0n) is 62.3. The van der Waals surface area contributed by atoms with Gasteiger partial charge >= 0.3 is 39.5 Å². The van der Waals surface area contributed by atoms with Crippen molar-refractivity contribution in [3.05, 3.63) is 134 Å². The topological polar surface area (TPSA) is 237 Å². The second-order valence-electron chi connectivity index (χ2n) is 25.2. The van der Waals surface area contributed by atoms with Crippen LogP contribution in [-0.2, 0) is 65.4 Å². The van der Waals surface area contributed by atoms with Crippen LogP contribution in [0.2, 0.25) is 0 Å². The molecule has 19 heteroatoms. The van der Waals surface area contributed by atoms with Gasteiger partial charge in [-0.15, -0.1) is 0 Å². The molecule has 0 radical (unpaired) electrons. The molecule has 0 aromatic heterocycles. The Bertz CT molecular complexity index is 2420. The minimum Gasteiger partial charge on any atom is -0.462 e. The third kappa shape index (κ3) is 71.6. The first-order chi connectivity index (χ1) is 48.7. The van der Waals surface area contributed by atoms with E-state index in [0.29, 0.717) is 32.1 Å². The van der Waals surface area contributed by atoms with Crippen LogP contribution >= 0.6 is 15.6 Å². The number of hydrogen-bond acceptors (Lipinski definition) is 15. The lowest BCUT2D eigenvalue weighted by Gasteiger charge is -2.21. The van der Waals surface area contributed by atoms with Crippen molar-refractivity contribution in [2.24, 2.45) is 0 Å². The van der Waals surface area contributed by atoms with E-state index in [9.17, 15) is 43.2 Å². The van der Waals surface area contributed by atoms with Crippen molar-refractivity contribution in [1.29, 1.82) is 0 Å². The van der Waals surface area contributed by atoms with Crippen molar-refractivity contribution in [2.45, 2.75) is 316 Å². The summed E-state index contributed by atoms with van der Waals surface area (Å²) in [5, 5.41) is 10.6. The first kappa shape index (κ1) is 95.2. The van der Waals surface area contributed by atoms with Gasteiger partial charge in [-0.2, -0.15) is 0 Å². The molecule has 17 nitrogen and oxygen atoms in total. The lowest BCUT2D eigenvalue weighted by Crippen LogP contribution is -2.30. The monoisotopic (exact) mass is 1440 g/mol. The number of carbonyl (C=O) groups excluding carboxylic acids is 4. The Labute approximate surface area is 605 Å². The summed E-state index contributed by atoms with van der Waals surface area (Å²) in [6.07, 6.45) is 80.2. The molecule has 572 valence electrons. The standard InChI is InChI=1S/C81H136O17P2/c1-5-9-13-17-21-25-29-33-36-37-40-43-46-50-54-58-62-66-79(84)92-72-77(98-81(86)68-64-60-56-52-48-44-39-35-31-27-23-19-15-11-7-3)74-96-100(89,90)94-70-75(82)69-93-99(87,88)95-73-76(97-80(85)67-63-59-55-51-47-41-32-28-24-20-16-12-8-4)71-91-78(83)65-61-57-53-49-45-42-38-34-30-26-22-18-14-10-6-2/h9-10,13-14,21-23,25-27,33-36,38-40,43,45,49-50,54,75-77,82H,5-8,11-12,15-20,24,28-32,37,41-42,44,46-48,51-53,55-74H2,1-4H3,(H,87,88)(H,89,90)/b13-9-,14-10-,25-21-,26-22-,27-23-,36-33-,38-34-,39-35-,43-40-,49-45-,54-50-. The average molecular weight is 1440 g/mol. The van der Waals surface area contributed by atoms with Gasteiger partial charge in [0, 0.05) is 25.7 Å². The summed E-state index contributed by atoms with van der Waals surface area (Å²) in [5.41, 5.74) is 0. The molecule has 100 heavy (non-hydrogen) atoms. The normalized spacial score (nSPS) is 14.7. The smallest absolute Gasteiger partial charge is 0.462 e. The van der Waals surface area contributed by atoms with E-state index >= 15 is 0 Å². The molecule has 0 aliphatic heterocycles. The summed E-state index contributed by atoms with van der Waals surface area (Å²) in [6, 6.07) is 0. The summed E-state index contributed by atoms with van der Waals surface area (Å²) >= 11 is 0. The number of ether oxygens (including phenoxy) is 4. The molecule has 0 spiro atoms. The molecule has 0 saturated carbocycles. The number of carbonyl (C=O) groups is 4. The number of esters is 4. The molecular weight excluding hydrogens is 1310 g/mol. The Hall–Kier alpha value is -4.80. The summed E-state index contributed by atoms with van der Waals surface area (Å²) in [7, 11) is -9.98. The molecule has 0 heterocycles. The predicted molar refractivity (Wildman–Crippen MR) is 408 cm³/mol. The van der Waals surface area contributed by atoms with Crippen molar-refractivity contribution in [3.63, 3.8) is 0 Å². The highest BCUT2D eigenvalue weighted by molar-refractivity contribution is 7.47. The Morgan fingerprint density at radius 3 is 0.880 bits per heavy atom. The minimum atomic E-state index is -5.00. The molecule has 0 aliphatic carbocycles. The van der Waals surface area contributed by atoms with Crippen LogP contribution in [0.5, 0.6) is 0 Å². The van der Waals surface area contributed by atoms with Gasteiger partial charge < -0.3 is 33.8 Å². The number of rotatable bonds is 71. The van der Waals surface area contributed by atoms with Crippen LogP contribution in [0.25, 0.3) is 0 Å². The zero-order chi connectivity index (χ0) is 73.2. The number of unbranched alkanes of at least 4 members (excludes halogenated alkanes) is 23. The maximum atomic E-state index is 13.1. The number of allylic oxidation sites excluding steroid dienone is 22. The zero-order valence-corrected chi connectivity index (χ0v) is 64.1. The molecule has 0 aliphatic rings. The molecule has 0 fully saturated rings. The largest absolute Gasteiger partial charge is 0.472 e. The third-order valence-corrected chi connectivity index (χ3v) is 17.5. The SMILES string of the molecule is CC/C=C\C/C=C\C/C=C\C/C=C\C/C=C\CCCC(=O)OCC(COP(=O)(O)OCC(O)COP(=O)(O)OCC(COC(=O)CCCC/C=C\C/C=C\C/C=C\C/C=C\CC)OC(=O)CCCCCCCCCCCCCCC)OC(=O)CCCCCCC/C=C\C/C=C\CCCCC. The highest BCUT2D eigenvalue weighted by Gasteiger charge is 2.30. The van der Waals surface area contributed by atoms with Gasteiger partial charge in [-0.05, 0) is 135 Å². The Morgan fingerprint density at radius 1 is 0.290 bits per heavy atom.